The van der Waals surface area contributed by atoms with Gasteiger partial charge in [0.25, 0.3) is 0 Å². The lowest BCUT2D eigenvalue weighted by atomic mass is 10.4. The van der Waals surface area contributed by atoms with E-state index in [-0.39, 0.29) is 18.9 Å². The summed E-state index contributed by atoms with van der Waals surface area (Å²) in [5.74, 6) is 4.47. The van der Waals surface area contributed by atoms with Crippen molar-refractivity contribution in [2.75, 3.05) is 0 Å². The molecule has 1 aromatic rings. The van der Waals surface area contributed by atoms with Crippen LogP contribution in [0.5, 0.6) is 0 Å². The van der Waals surface area contributed by atoms with Gasteiger partial charge in [0.2, 0.25) is 5.91 Å². The molecule has 4 N–H and O–H groups in total. The Labute approximate surface area is 74.6 Å². The van der Waals surface area contributed by atoms with E-state index in [2.05, 4.69) is 15.1 Å². The highest BCUT2D eigenvalue weighted by Crippen LogP contribution is 1.94. The summed E-state index contributed by atoms with van der Waals surface area (Å²) in [6, 6.07) is 0. The van der Waals surface area contributed by atoms with Gasteiger partial charge in [-0.2, -0.15) is 0 Å². The standard InChI is InChI=1S/C6H11N5O2/c7-6(12)1-2-11-3-5(4-13-8)9-10-11/h3H,1-2,4,8H2,(H2,7,12). The SMILES string of the molecule is NOCc1cn(CCC(N)=O)nn1. The minimum atomic E-state index is -0.368. The first kappa shape index (κ1) is 9.62. The number of nitrogens with zero attached hydrogens (tertiary/aromatic N) is 3. The van der Waals surface area contributed by atoms with E-state index in [9.17, 15) is 4.79 Å². The molecule has 1 amide bonds. The zero-order valence-electron chi connectivity index (χ0n) is 7.01. The zero-order chi connectivity index (χ0) is 9.68. The van der Waals surface area contributed by atoms with Crippen LogP contribution in [0.25, 0.3) is 0 Å². The molecule has 0 bridgehead atoms. The molecule has 0 spiro atoms. The van der Waals surface area contributed by atoms with Crippen LogP contribution in [0.4, 0.5) is 0 Å². The molecule has 7 heteroatoms. The van der Waals surface area contributed by atoms with Crippen LogP contribution in [0.1, 0.15) is 12.1 Å². The average molecular weight is 185 g/mol. The minimum absolute atomic E-state index is 0.205. The molecule has 0 aliphatic carbocycles. The van der Waals surface area contributed by atoms with Crippen molar-refractivity contribution in [2.24, 2.45) is 11.6 Å². The van der Waals surface area contributed by atoms with Gasteiger partial charge in [0.15, 0.2) is 0 Å². The van der Waals surface area contributed by atoms with Gasteiger partial charge in [-0.05, 0) is 0 Å². The van der Waals surface area contributed by atoms with Crippen LogP contribution in [0.2, 0.25) is 0 Å². The molecule has 0 atom stereocenters. The Bertz CT molecular complexity index is 284. The van der Waals surface area contributed by atoms with Crippen LogP contribution in [0, 0.1) is 0 Å². The summed E-state index contributed by atoms with van der Waals surface area (Å²) in [6.45, 7) is 0.628. The van der Waals surface area contributed by atoms with Gasteiger partial charge in [-0.3, -0.25) is 14.3 Å². The maximum atomic E-state index is 10.4. The highest BCUT2D eigenvalue weighted by Gasteiger charge is 2.01. The lowest BCUT2D eigenvalue weighted by molar-refractivity contribution is -0.118. The fourth-order valence-electron chi connectivity index (χ4n) is 0.824. The Kier molecular flexibility index (Phi) is 3.35. The third-order valence-corrected chi connectivity index (χ3v) is 1.40. The molecule has 0 unspecified atom stereocenters. The predicted molar refractivity (Wildman–Crippen MR) is 42.8 cm³/mol. The number of rotatable bonds is 5. The first-order valence-corrected chi connectivity index (χ1v) is 3.71. The summed E-state index contributed by atoms with van der Waals surface area (Å²) in [4.78, 5) is 14.8. The van der Waals surface area contributed by atoms with E-state index in [1.165, 1.54) is 4.68 Å². The van der Waals surface area contributed by atoms with Crippen molar-refractivity contribution >= 4 is 5.91 Å². The Balaban J connectivity index is 2.44. The topological polar surface area (TPSA) is 109 Å². The molecule has 1 aromatic heterocycles. The molecule has 0 radical (unpaired) electrons. The Morgan fingerprint density at radius 1 is 1.69 bits per heavy atom. The summed E-state index contributed by atoms with van der Waals surface area (Å²) in [7, 11) is 0. The van der Waals surface area contributed by atoms with Gasteiger partial charge in [-0.25, -0.2) is 5.90 Å². The Hall–Kier alpha value is -1.47. The summed E-state index contributed by atoms with van der Waals surface area (Å²) in [5.41, 5.74) is 5.58. The van der Waals surface area contributed by atoms with Crippen molar-refractivity contribution in [3.8, 4) is 0 Å². The van der Waals surface area contributed by atoms with Gasteiger partial charge in [-0.15, -0.1) is 5.10 Å². The number of primary amides is 1. The van der Waals surface area contributed by atoms with E-state index in [4.69, 9.17) is 11.6 Å². The molecule has 0 aliphatic heterocycles. The maximum absolute atomic E-state index is 10.4. The van der Waals surface area contributed by atoms with Crippen LogP contribution < -0.4 is 11.6 Å². The van der Waals surface area contributed by atoms with Crippen molar-refractivity contribution in [3.05, 3.63) is 11.9 Å². The minimum Gasteiger partial charge on any atom is -0.370 e. The quantitative estimate of drug-likeness (QED) is 0.545. The van der Waals surface area contributed by atoms with E-state index in [1.54, 1.807) is 6.20 Å². The van der Waals surface area contributed by atoms with Gasteiger partial charge in [0.05, 0.1) is 12.7 Å². The first-order valence-electron chi connectivity index (χ1n) is 3.71. The molecule has 0 saturated carbocycles. The average Bonchev–Trinajstić information content (AvgIpc) is 2.50. The van der Waals surface area contributed by atoms with E-state index in [0.29, 0.717) is 12.2 Å². The lowest BCUT2D eigenvalue weighted by Crippen LogP contribution is -2.14. The van der Waals surface area contributed by atoms with Crippen LogP contribution in [0.15, 0.2) is 6.20 Å². The third kappa shape index (κ3) is 3.18. The largest absolute Gasteiger partial charge is 0.370 e. The van der Waals surface area contributed by atoms with Crippen LogP contribution in [-0.4, -0.2) is 20.9 Å². The molecule has 1 heterocycles. The molecule has 1 rings (SSSR count). The fourth-order valence-corrected chi connectivity index (χ4v) is 0.824. The van der Waals surface area contributed by atoms with Gasteiger partial charge in [0.1, 0.15) is 12.3 Å². The van der Waals surface area contributed by atoms with Crippen LogP contribution >= 0.6 is 0 Å². The number of aryl methyl sites for hydroxylation is 1. The summed E-state index contributed by atoms with van der Waals surface area (Å²) in [5, 5.41) is 7.47. The summed E-state index contributed by atoms with van der Waals surface area (Å²) >= 11 is 0. The molecular weight excluding hydrogens is 174 g/mol. The highest BCUT2D eigenvalue weighted by atomic mass is 16.6. The first-order chi connectivity index (χ1) is 6.22. The van der Waals surface area contributed by atoms with Crippen LogP contribution in [-0.2, 0) is 22.8 Å². The zero-order valence-corrected chi connectivity index (χ0v) is 7.01. The normalized spacial score (nSPS) is 10.2. The highest BCUT2D eigenvalue weighted by molar-refractivity contribution is 5.73. The van der Waals surface area contributed by atoms with Crippen molar-refractivity contribution in [1.29, 1.82) is 0 Å². The molecule has 0 aromatic carbocycles. The molecule has 0 fully saturated rings. The summed E-state index contributed by atoms with van der Waals surface area (Å²) < 4.78 is 1.51. The molecule has 0 aliphatic rings. The van der Waals surface area contributed by atoms with Crippen molar-refractivity contribution < 1.29 is 9.63 Å². The Morgan fingerprint density at radius 3 is 3.08 bits per heavy atom. The van der Waals surface area contributed by atoms with Crippen molar-refractivity contribution in [2.45, 2.75) is 19.6 Å². The fraction of sp³-hybridized carbons (Fsp3) is 0.500. The second-order valence-corrected chi connectivity index (χ2v) is 2.50. The molecule has 7 nitrogen and oxygen atoms in total. The Morgan fingerprint density at radius 2 is 2.46 bits per heavy atom. The number of carbonyl (C=O) groups is 1. The van der Waals surface area contributed by atoms with Crippen molar-refractivity contribution in [1.82, 2.24) is 15.0 Å². The number of hydrogen-bond acceptors (Lipinski definition) is 5. The van der Waals surface area contributed by atoms with E-state index in [0.717, 1.165) is 0 Å². The van der Waals surface area contributed by atoms with Gasteiger partial charge < -0.3 is 5.73 Å². The van der Waals surface area contributed by atoms with Gasteiger partial charge in [-0.1, -0.05) is 5.21 Å². The van der Waals surface area contributed by atoms with Crippen molar-refractivity contribution in [3.63, 3.8) is 0 Å². The third-order valence-electron chi connectivity index (χ3n) is 1.40. The second kappa shape index (κ2) is 4.53. The predicted octanol–water partition coefficient (Wildman–Crippen LogP) is -1.46. The lowest BCUT2D eigenvalue weighted by Gasteiger charge is -1.94. The van der Waals surface area contributed by atoms with E-state index in [1.807, 2.05) is 0 Å². The van der Waals surface area contributed by atoms with Gasteiger partial charge >= 0.3 is 0 Å². The number of hydrogen-bond donors (Lipinski definition) is 2. The van der Waals surface area contributed by atoms with Crippen LogP contribution in [0.3, 0.4) is 0 Å². The molecule has 13 heavy (non-hydrogen) atoms. The molecular formula is C6H11N5O2. The number of nitrogens with two attached hydrogens (primary N) is 2. The van der Waals surface area contributed by atoms with E-state index < -0.39 is 0 Å². The smallest absolute Gasteiger partial charge is 0.219 e. The number of amides is 1. The summed E-state index contributed by atoms with van der Waals surface area (Å²) in [6.07, 6.45) is 1.89. The van der Waals surface area contributed by atoms with Gasteiger partial charge in [0, 0.05) is 6.42 Å². The maximum Gasteiger partial charge on any atom is 0.219 e. The molecule has 0 saturated heterocycles. The number of carbonyl (C=O) groups excluding carboxylic acids is 1. The monoisotopic (exact) mass is 185 g/mol. The number of aromatic nitrogens is 3. The molecule has 72 valence electrons. The van der Waals surface area contributed by atoms with E-state index >= 15 is 0 Å². The second-order valence-electron chi connectivity index (χ2n) is 2.50.